The largest absolute Gasteiger partial charge is 0.477 e. The minimum absolute atomic E-state index is 0.0871. The third-order valence-corrected chi connectivity index (χ3v) is 4.52. The molecule has 120 valence electrons. The van der Waals surface area contributed by atoms with Gasteiger partial charge in [-0.1, -0.05) is 35.3 Å². The fraction of sp³-hybridized carbons (Fsp3) is 0.294. The number of hydrogen-bond acceptors (Lipinski definition) is 3. The number of rotatable bonds is 3. The zero-order chi connectivity index (χ0) is 16.4. The van der Waals surface area contributed by atoms with E-state index in [1.165, 1.54) is 0 Å². The van der Waals surface area contributed by atoms with E-state index in [1.54, 1.807) is 24.4 Å². The molecule has 1 aromatic heterocycles. The molecular formula is C17H16Cl2N2O2. The number of hydrogen-bond donors (Lipinski definition) is 1. The van der Waals surface area contributed by atoms with Gasteiger partial charge in [-0.05, 0) is 30.7 Å². The van der Waals surface area contributed by atoms with Crippen LogP contribution in [0, 0.1) is 0 Å². The number of halogens is 2. The van der Waals surface area contributed by atoms with Crippen molar-refractivity contribution in [3.63, 3.8) is 0 Å². The van der Waals surface area contributed by atoms with Crippen LogP contribution in [0.15, 0.2) is 36.5 Å². The van der Waals surface area contributed by atoms with Gasteiger partial charge in [-0.3, -0.25) is 4.79 Å². The van der Waals surface area contributed by atoms with Crippen molar-refractivity contribution in [1.29, 1.82) is 0 Å². The molecule has 1 aliphatic heterocycles. The number of nitrogens with zero attached hydrogens (tertiary/aromatic N) is 1. The predicted octanol–water partition coefficient (Wildman–Crippen LogP) is 4.13. The smallest absolute Gasteiger partial charge is 0.227 e. The molecule has 2 heterocycles. The first-order chi connectivity index (χ1) is 11.1. The molecule has 0 radical (unpaired) electrons. The van der Waals surface area contributed by atoms with E-state index in [0.29, 0.717) is 29.0 Å². The number of aromatic nitrogens is 1. The Morgan fingerprint density at radius 2 is 2.22 bits per heavy atom. The maximum Gasteiger partial charge on any atom is 0.227 e. The van der Waals surface area contributed by atoms with Gasteiger partial charge in [0.25, 0.3) is 0 Å². The second kappa shape index (κ2) is 6.77. The normalized spacial score (nSPS) is 17.8. The van der Waals surface area contributed by atoms with Gasteiger partial charge in [-0.2, -0.15) is 0 Å². The van der Waals surface area contributed by atoms with E-state index >= 15 is 0 Å². The van der Waals surface area contributed by atoms with Gasteiger partial charge in [0.2, 0.25) is 11.8 Å². The van der Waals surface area contributed by atoms with E-state index in [2.05, 4.69) is 10.3 Å². The lowest BCUT2D eigenvalue weighted by Crippen LogP contribution is -2.35. The van der Waals surface area contributed by atoms with Crippen LogP contribution in [0.4, 0.5) is 0 Å². The number of fused-ring (bicyclic) bond motifs is 1. The number of carbonyl (C=O) groups excluding carboxylic acids is 1. The quantitative estimate of drug-likeness (QED) is 0.905. The standard InChI is InChI=1S/C17H16Cl2N2O2/c1-10(12-5-4-11(18)9-14(12)19)16(22)21-15-6-8-23-17-13(15)3-2-7-20-17/h2-5,7,9-10,15H,6,8H2,1H3,(H,21,22). The summed E-state index contributed by atoms with van der Waals surface area (Å²) < 4.78 is 5.51. The fourth-order valence-electron chi connectivity index (χ4n) is 2.66. The fourth-order valence-corrected chi connectivity index (χ4v) is 3.23. The Balaban J connectivity index is 1.77. The van der Waals surface area contributed by atoms with E-state index in [4.69, 9.17) is 27.9 Å². The Hall–Kier alpha value is -1.78. The summed E-state index contributed by atoms with van der Waals surface area (Å²) in [5, 5.41) is 4.11. The molecular weight excluding hydrogens is 335 g/mol. The minimum Gasteiger partial charge on any atom is -0.477 e. The van der Waals surface area contributed by atoms with E-state index in [1.807, 2.05) is 19.1 Å². The zero-order valence-electron chi connectivity index (χ0n) is 12.6. The summed E-state index contributed by atoms with van der Waals surface area (Å²) in [4.78, 5) is 16.8. The summed E-state index contributed by atoms with van der Waals surface area (Å²) >= 11 is 12.1. The Morgan fingerprint density at radius 1 is 1.39 bits per heavy atom. The van der Waals surface area contributed by atoms with Crippen molar-refractivity contribution < 1.29 is 9.53 Å². The number of nitrogens with one attached hydrogen (secondary N) is 1. The molecule has 1 N–H and O–H groups in total. The summed E-state index contributed by atoms with van der Waals surface area (Å²) in [7, 11) is 0. The van der Waals surface area contributed by atoms with Crippen LogP contribution in [0.2, 0.25) is 10.0 Å². The molecule has 0 saturated carbocycles. The van der Waals surface area contributed by atoms with Gasteiger partial charge in [-0.15, -0.1) is 0 Å². The maximum atomic E-state index is 12.6. The topological polar surface area (TPSA) is 51.2 Å². The Morgan fingerprint density at radius 3 is 3.00 bits per heavy atom. The lowest BCUT2D eigenvalue weighted by atomic mass is 9.98. The molecule has 0 fully saturated rings. The number of pyridine rings is 1. The molecule has 0 spiro atoms. The predicted molar refractivity (Wildman–Crippen MR) is 90.1 cm³/mol. The number of amides is 1. The lowest BCUT2D eigenvalue weighted by molar-refractivity contribution is -0.123. The molecule has 2 aromatic rings. The molecule has 4 nitrogen and oxygen atoms in total. The van der Waals surface area contributed by atoms with Crippen molar-refractivity contribution in [2.24, 2.45) is 0 Å². The molecule has 2 atom stereocenters. The van der Waals surface area contributed by atoms with Crippen molar-refractivity contribution in [3.05, 3.63) is 57.7 Å². The maximum absolute atomic E-state index is 12.6. The molecule has 0 aliphatic carbocycles. The molecule has 1 aromatic carbocycles. The molecule has 1 amide bonds. The number of benzene rings is 1. The minimum atomic E-state index is -0.372. The van der Waals surface area contributed by atoms with Crippen LogP contribution in [0.5, 0.6) is 5.88 Å². The van der Waals surface area contributed by atoms with Gasteiger partial charge in [0.05, 0.1) is 18.6 Å². The van der Waals surface area contributed by atoms with Gasteiger partial charge in [0.15, 0.2) is 0 Å². The third kappa shape index (κ3) is 3.43. The van der Waals surface area contributed by atoms with Crippen LogP contribution in [0.25, 0.3) is 0 Å². The molecule has 23 heavy (non-hydrogen) atoms. The van der Waals surface area contributed by atoms with Gasteiger partial charge < -0.3 is 10.1 Å². The van der Waals surface area contributed by atoms with Crippen LogP contribution in [-0.2, 0) is 4.79 Å². The third-order valence-electron chi connectivity index (χ3n) is 3.96. The molecule has 3 rings (SSSR count). The summed E-state index contributed by atoms with van der Waals surface area (Å²) in [5.74, 6) is 0.125. The highest BCUT2D eigenvalue weighted by Gasteiger charge is 2.26. The first-order valence-corrected chi connectivity index (χ1v) is 8.15. The van der Waals surface area contributed by atoms with Crippen molar-refractivity contribution in [3.8, 4) is 5.88 Å². The summed E-state index contributed by atoms with van der Waals surface area (Å²) in [6, 6.07) is 8.83. The highest BCUT2D eigenvalue weighted by atomic mass is 35.5. The van der Waals surface area contributed by atoms with Crippen LogP contribution in [0.1, 0.15) is 36.4 Å². The average molecular weight is 351 g/mol. The van der Waals surface area contributed by atoms with E-state index in [9.17, 15) is 4.79 Å². The Labute approximate surface area is 144 Å². The van der Waals surface area contributed by atoms with Gasteiger partial charge >= 0.3 is 0 Å². The molecule has 0 bridgehead atoms. The number of carbonyl (C=O) groups is 1. The molecule has 2 unspecified atom stereocenters. The van der Waals surface area contributed by atoms with Gasteiger partial charge in [0.1, 0.15) is 0 Å². The van der Waals surface area contributed by atoms with Crippen LogP contribution >= 0.6 is 23.2 Å². The SMILES string of the molecule is CC(C(=O)NC1CCOc2ncccc21)c1ccc(Cl)cc1Cl. The second-order valence-corrected chi connectivity index (χ2v) is 6.33. The zero-order valence-corrected chi connectivity index (χ0v) is 14.1. The second-order valence-electron chi connectivity index (χ2n) is 5.48. The van der Waals surface area contributed by atoms with Crippen molar-refractivity contribution >= 4 is 29.1 Å². The summed E-state index contributed by atoms with van der Waals surface area (Å²) in [6.45, 7) is 2.36. The van der Waals surface area contributed by atoms with E-state index < -0.39 is 0 Å². The average Bonchev–Trinajstić information content (AvgIpc) is 2.54. The highest BCUT2D eigenvalue weighted by molar-refractivity contribution is 6.35. The highest BCUT2D eigenvalue weighted by Crippen LogP contribution is 2.32. The Bertz CT molecular complexity index is 736. The first kappa shape index (κ1) is 16.1. The molecule has 1 aliphatic rings. The molecule has 6 heteroatoms. The number of ether oxygens (including phenoxy) is 1. The van der Waals surface area contributed by atoms with Gasteiger partial charge in [0, 0.05) is 28.2 Å². The van der Waals surface area contributed by atoms with Crippen molar-refractivity contribution in [1.82, 2.24) is 10.3 Å². The monoisotopic (exact) mass is 350 g/mol. The van der Waals surface area contributed by atoms with E-state index in [0.717, 1.165) is 11.1 Å². The van der Waals surface area contributed by atoms with Crippen molar-refractivity contribution in [2.45, 2.75) is 25.3 Å². The Kier molecular flexibility index (Phi) is 4.74. The van der Waals surface area contributed by atoms with E-state index in [-0.39, 0.29) is 17.9 Å². The first-order valence-electron chi connectivity index (χ1n) is 7.39. The van der Waals surface area contributed by atoms with Crippen LogP contribution in [-0.4, -0.2) is 17.5 Å². The summed E-state index contributed by atoms with van der Waals surface area (Å²) in [6.07, 6.45) is 2.39. The van der Waals surface area contributed by atoms with Crippen LogP contribution < -0.4 is 10.1 Å². The molecule has 0 saturated heterocycles. The van der Waals surface area contributed by atoms with Crippen LogP contribution in [0.3, 0.4) is 0 Å². The lowest BCUT2D eigenvalue weighted by Gasteiger charge is -2.27. The van der Waals surface area contributed by atoms with Crippen molar-refractivity contribution in [2.75, 3.05) is 6.61 Å². The van der Waals surface area contributed by atoms with Gasteiger partial charge in [-0.25, -0.2) is 4.98 Å². The summed E-state index contributed by atoms with van der Waals surface area (Å²) in [5.41, 5.74) is 1.66.